The molecule has 3 aromatic rings. The molecule has 2 heterocycles. The Balaban J connectivity index is 1.79. The molecule has 0 N–H and O–H groups in total. The second-order valence-electron chi connectivity index (χ2n) is 5.08. The van der Waals surface area contributed by atoms with Crippen LogP contribution in [0.2, 0.25) is 5.02 Å². The Bertz CT molecular complexity index is 1020. The van der Waals surface area contributed by atoms with E-state index in [2.05, 4.69) is 4.98 Å². The van der Waals surface area contributed by atoms with E-state index in [0.29, 0.717) is 10.7 Å². The minimum Gasteiger partial charge on any atom is -0.497 e. The lowest BCUT2D eigenvalue weighted by Gasteiger charge is -2.07. The van der Waals surface area contributed by atoms with Crippen molar-refractivity contribution in [1.29, 1.82) is 0 Å². The van der Waals surface area contributed by atoms with Gasteiger partial charge in [0.2, 0.25) is 0 Å². The molecule has 25 heavy (non-hydrogen) atoms. The molecule has 0 spiro atoms. The molecule has 0 saturated carbocycles. The molecule has 0 atom stereocenters. The monoisotopic (exact) mass is 362 g/mol. The molecule has 3 rings (SSSR count). The molecule has 0 bridgehead atoms. The predicted molar refractivity (Wildman–Crippen MR) is 88.5 cm³/mol. The van der Waals surface area contributed by atoms with Crippen LogP contribution in [0.5, 0.6) is 5.75 Å². The highest BCUT2D eigenvalue weighted by atomic mass is 35.5. The second kappa shape index (κ2) is 6.90. The highest BCUT2D eigenvalue weighted by Gasteiger charge is 2.15. The van der Waals surface area contributed by atoms with Crippen molar-refractivity contribution in [2.45, 2.75) is 6.61 Å². The van der Waals surface area contributed by atoms with Crippen LogP contribution in [0.25, 0.3) is 5.65 Å². The topological polar surface area (TPSA) is 69.9 Å². The smallest absolute Gasteiger partial charge is 0.341 e. The molecule has 8 heteroatoms. The Morgan fingerprint density at radius 3 is 2.80 bits per heavy atom. The minimum absolute atomic E-state index is 0.231. The third-order valence-electron chi connectivity index (χ3n) is 3.42. The molecule has 0 aliphatic rings. The first-order valence-electron chi connectivity index (χ1n) is 7.16. The van der Waals surface area contributed by atoms with Crippen LogP contribution >= 0.6 is 11.6 Å². The zero-order chi connectivity index (χ0) is 18.0. The van der Waals surface area contributed by atoms with Crippen molar-refractivity contribution in [3.8, 4) is 5.75 Å². The van der Waals surface area contributed by atoms with Gasteiger partial charge in [0.25, 0.3) is 5.56 Å². The fourth-order valence-corrected chi connectivity index (χ4v) is 2.37. The number of halogens is 2. The number of carbonyl (C=O) groups excluding carboxylic acids is 1. The SMILES string of the molecule is COc1ccc(C(=O)OCc2cc(=O)n3cc(Cl)ccc3n2)c(F)c1. The number of benzene rings is 1. The van der Waals surface area contributed by atoms with Gasteiger partial charge in [-0.25, -0.2) is 14.2 Å². The van der Waals surface area contributed by atoms with Crippen molar-refractivity contribution in [2.24, 2.45) is 0 Å². The van der Waals surface area contributed by atoms with E-state index in [1.807, 2.05) is 0 Å². The third-order valence-corrected chi connectivity index (χ3v) is 3.65. The summed E-state index contributed by atoms with van der Waals surface area (Å²) in [7, 11) is 1.39. The van der Waals surface area contributed by atoms with Crippen molar-refractivity contribution >= 4 is 23.2 Å². The predicted octanol–water partition coefficient (Wildman–Crippen LogP) is 2.85. The number of methoxy groups -OCH3 is 1. The van der Waals surface area contributed by atoms with E-state index >= 15 is 0 Å². The number of rotatable bonds is 4. The molecule has 128 valence electrons. The van der Waals surface area contributed by atoms with Crippen molar-refractivity contribution in [2.75, 3.05) is 7.11 Å². The first-order chi connectivity index (χ1) is 12.0. The number of aromatic nitrogens is 2. The molecule has 0 aliphatic carbocycles. The summed E-state index contributed by atoms with van der Waals surface area (Å²) >= 11 is 5.84. The van der Waals surface area contributed by atoms with Crippen LogP contribution in [-0.4, -0.2) is 22.5 Å². The van der Waals surface area contributed by atoms with E-state index in [9.17, 15) is 14.0 Å². The molecule has 1 aromatic carbocycles. The molecule has 2 aromatic heterocycles. The van der Waals surface area contributed by atoms with Gasteiger partial charge in [0.15, 0.2) is 0 Å². The number of carbonyl (C=O) groups is 1. The van der Waals surface area contributed by atoms with Gasteiger partial charge in [0.05, 0.1) is 23.4 Å². The maximum Gasteiger partial charge on any atom is 0.341 e. The fraction of sp³-hybridized carbons (Fsp3) is 0.118. The number of hydrogen-bond acceptors (Lipinski definition) is 5. The number of ether oxygens (including phenoxy) is 2. The number of nitrogens with zero attached hydrogens (tertiary/aromatic N) is 2. The lowest BCUT2D eigenvalue weighted by Crippen LogP contribution is -2.16. The minimum atomic E-state index is -0.863. The van der Waals surface area contributed by atoms with Crippen LogP contribution in [0.1, 0.15) is 16.1 Å². The van der Waals surface area contributed by atoms with Crippen LogP contribution < -0.4 is 10.3 Å². The molecular weight excluding hydrogens is 351 g/mol. The van der Waals surface area contributed by atoms with Gasteiger partial charge >= 0.3 is 5.97 Å². The van der Waals surface area contributed by atoms with Gasteiger partial charge in [0.1, 0.15) is 23.8 Å². The summed E-state index contributed by atoms with van der Waals surface area (Å²) in [5, 5.41) is 0.394. The van der Waals surface area contributed by atoms with E-state index in [-0.39, 0.29) is 29.2 Å². The Hall–Kier alpha value is -2.93. The van der Waals surface area contributed by atoms with Crippen LogP contribution in [0.3, 0.4) is 0 Å². The zero-order valence-corrected chi connectivity index (χ0v) is 13.8. The van der Waals surface area contributed by atoms with Gasteiger partial charge < -0.3 is 9.47 Å². The highest BCUT2D eigenvalue weighted by Crippen LogP contribution is 2.17. The molecule has 0 saturated heterocycles. The van der Waals surface area contributed by atoms with Gasteiger partial charge in [0, 0.05) is 18.3 Å². The maximum absolute atomic E-state index is 13.9. The summed E-state index contributed by atoms with van der Waals surface area (Å²) in [6, 6.07) is 8.18. The van der Waals surface area contributed by atoms with Gasteiger partial charge in [-0.05, 0) is 24.3 Å². The Labute approximate surface area is 146 Å². The van der Waals surface area contributed by atoms with Crippen molar-refractivity contribution in [3.63, 3.8) is 0 Å². The summed E-state index contributed by atoms with van der Waals surface area (Å²) in [5.41, 5.74) is 0.00689. The Kier molecular flexibility index (Phi) is 4.67. The molecule has 6 nitrogen and oxygen atoms in total. The third kappa shape index (κ3) is 3.61. The van der Waals surface area contributed by atoms with E-state index < -0.39 is 11.8 Å². The summed E-state index contributed by atoms with van der Waals surface area (Å²) in [6.45, 7) is -0.265. The van der Waals surface area contributed by atoms with Crippen LogP contribution in [0.4, 0.5) is 4.39 Å². The first kappa shape index (κ1) is 16.9. The zero-order valence-electron chi connectivity index (χ0n) is 13.0. The van der Waals surface area contributed by atoms with Crippen LogP contribution in [-0.2, 0) is 11.3 Å². The molecule has 0 amide bonds. The van der Waals surface area contributed by atoms with E-state index in [0.717, 1.165) is 6.07 Å². The van der Waals surface area contributed by atoms with E-state index in [4.69, 9.17) is 21.1 Å². The van der Waals surface area contributed by atoms with E-state index in [1.165, 1.54) is 35.9 Å². The summed E-state index contributed by atoms with van der Waals surface area (Å²) in [5.74, 6) is -1.33. The van der Waals surface area contributed by atoms with Gasteiger partial charge in [-0.1, -0.05) is 11.6 Å². The van der Waals surface area contributed by atoms with Crippen molar-refractivity contribution < 1.29 is 18.7 Å². The van der Waals surface area contributed by atoms with E-state index in [1.54, 1.807) is 12.1 Å². The van der Waals surface area contributed by atoms with Gasteiger partial charge in [-0.15, -0.1) is 0 Å². The number of esters is 1. The average molecular weight is 363 g/mol. The van der Waals surface area contributed by atoms with Crippen molar-refractivity contribution in [3.05, 3.63) is 75.0 Å². The fourth-order valence-electron chi connectivity index (χ4n) is 2.21. The molecule has 0 unspecified atom stereocenters. The quantitative estimate of drug-likeness (QED) is 0.667. The van der Waals surface area contributed by atoms with Gasteiger partial charge in [-0.3, -0.25) is 9.20 Å². The Morgan fingerprint density at radius 1 is 1.28 bits per heavy atom. The summed E-state index contributed by atoms with van der Waals surface area (Å²) < 4.78 is 25.0. The summed E-state index contributed by atoms with van der Waals surface area (Å²) in [4.78, 5) is 28.2. The molecule has 0 fully saturated rings. The number of pyridine rings is 1. The van der Waals surface area contributed by atoms with Crippen LogP contribution in [0.15, 0.2) is 47.4 Å². The number of fused-ring (bicyclic) bond motifs is 1. The lowest BCUT2D eigenvalue weighted by atomic mass is 10.2. The standard InChI is InChI=1S/C17H12ClFN2O4/c1-24-12-3-4-13(14(19)7-12)17(23)25-9-11-6-16(22)21-8-10(18)2-5-15(21)20-11/h2-8H,9H2,1H3. The largest absolute Gasteiger partial charge is 0.497 e. The molecule has 0 aliphatic heterocycles. The Morgan fingerprint density at radius 2 is 2.08 bits per heavy atom. The van der Waals surface area contributed by atoms with Crippen molar-refractivity contribution in [1.82, 2.24) is 9.38 Å². The van der Waals surface area contributed by atoms with Gasteiger partial charge in [-0.2, -0.15) is 0 Å². The summed E-state index contributed by atoms with van der Waals surface area (Å²) in [6.07, 6.45) is 1.44. The number of hydrogen-bond donors (Lipinski definition) is 0. The second-order valence-corrected chi connectivity index (χ2v) is 5.52. The first-order valence-corrected chi connectivity index (χ1v) is 7.54. The average Bonchev–Trinajstić information content (AvgIpc) is 2.60. The highest BCUT2D eigenvalue weighted by molar-refractivity contribution is 6.30. The lowest BCUT2D eigenvalue weighted by molar-refractivity contribution is 0.0462. The molecular formula is C17H12ClFN2O4. The normalized spacial score (nSPS) is 10.7. The molecule has 0 radical (unpaired) electrons. The maximum atomic E-state index is 13.9. The van der Waals surface area contributed by atoms with Crippen LogP contribution in [0, 0.1) is 5.82 Å².